The third-order valence-corrected chi connectivity index (χ3v) is 3.22. The number of rotatable bonds is 8. The zero-order valence-corrected chi connectivity index (χ0v) is 14.9. The number of hydrogen-bond donors (Lipinski definition) is 2. The van der Waals surface area contributed by atoms with Gasteiger partial charge in [0.05, 0.1) is 5.56 Å². The second-order valence-electron chi connectivity index (χ2n) is 5.51. The van der Waals surface area contributed by atoms with Gasteiger partial charge in [0.15, 0.2) is 13.2 Å². The van der Waals surface area contributed by atoms with Crippen LogP contribution >= 0.6 is 0 Å². The van der Waals surface area contributed by atoms with Gasteiger partial charge in [-0.1, -0.05) is 6.07 Å². The first-order valence-corrected chi connectivity index (χ1v) is 8.23. The minimum atomic E-state index is -4.47. The molecule has 0 unspecified atom stereocenters. The fourth-order valence-electron chi connectivity index (χ4n) is 2.02. The zero-order valence-electron chi connectivity index (χ0n) is 14.9. The summed E-state index contributed by atoms with van der Waals surface area (Å²) in [6, 6.07) is 8.88. The quantitative estimate of drug-likeness (QED) is 0.715. The monoisotopic (exact) mass is 397 g/mol. The number of carbonyl (C=O) groups is 2. The van der Waals surface area contributed by atoms with Crippen LogP contribution in [0.4, 0.5) is 18.9 Å². The molecular weight excluding hydrogens is 379 g/mol. The van der Waals surface area contributed by atoms with Crippen molar-refractivity contribution in [3.05, 3.63) is 48.2 Å². The fourth-order valence-corrected chi connectivity index (χ4v) is 2.02. The van der Waals surface area contributed by atoms with Crippen LogP contribution in [0.3, 0.4) is 0 Å². The van der Waals surface area contributed by atoms with Gasteiger partial charge in [0.25, 0.3) is 11.8 Å². The molecule has 0 aliphatic rings. The number of hydrogen-bond acceptors (Lipinski definition) is 5. The Morgan fingerprint density at radius 2 is 1.93 bits per heavy atom. The van der Waals surface area contributed by atoms with Crippen LogP contribution in [-0.2, 0) is 4.79 Å². The number of nitrogens with zero attached hydrogens (tertiary/aromatic N) is 1. The van der Waals surface area contributed by atoms with E-state index in [2.05, 4.69) is 20.4 Å². The van der Waals surface area contributed by atoms with Crippen molar-refractivity contribution in [3.63, 3.8) is 0 Å². The SMILES string of the molecule is CCNC(=O)COc1cccc(NC(=O)c2ccc(OCC(F)(F)F)nc2)c1. The minimum Gasteiger partial charge on any atom is -0.484 e. The van der Waals surface area contributed by atoms with E-state index in [0.717, 1.165) is 6.20 Å². The minimum absolute atomic E-state index is 0.132. The highest BCUT2D eigenvalue weighted by Crippen LogP contribution is 2.19. The van der Waals surface area contributed by atoms with E-state index in [1.54, 1.807) is 25.1 Å². The van der Waals surface area contributed by atoms with Crippen molar-refractivity contribution in [1.29, 1.82) is 0 Å². The number of ether oxygens (including phenoxy) is 2. The topological polar surface area (TPSA) is 89.6 Å². The van der Waals surface area contributed by atoms with E-state index in [-0.39, 0.29) is 24.0 Å². The number of carbonyl (C=O) groups excluding carboxylic acids is 2. The van der Waals surface area contributed by atoms with Gasteiger partial charge in [-0.05, 0) is 25.1 Å². The van der Waals surface area contributed by atoms with E-state index in [9.17, 15) is 22.8 Å². The number of pyridine rings is 1. The van der Waals surface area contributed by atoms with Crippen LogP contribution in [0.5, 0.6) is 11.6 Å². The Balaban J connectivity index is 1.93. The van der Waals surface area contributed by atoms with Crippen molar-refractivity contribution in [2.24, 2.45) is 0 Å². The highest BCUT2D eigenvalue weighted by atomic mass is 19.4. The molecule has 0 radical (unpaired) electrons. The molecule has 2 aromatic rings. The molecule has 2 amide bonds. The highest BCUT2D eigenvalue weighted by Gasteiger charge is 2.28. The van der Waals surface area contributed by atoms with Crippen LogP contribution in [0.2, 0.25) is 0 Å². The van der Waals surface area contributed by atoms with Gasteiger partial charge >= 0.3 is 6.18 Å². The van der Waals surface area contributed by atoms with Gasteiger partial charge in [-0.25, -0.2) is 4.98 Å². The Labute approximate surface area is 158 Å². The molecule has 0 fully saturated rings. The number of aromatic nitrogens is 1. The van der Waals surface area contributed by atoms with E-state index >= 15 is 0 Å². The number of amides is 2. The van der Waals surface area contributed by atoms with Crippen molar-refractivity contribution in [1.82, 2.24) is 10.3 Å². The van der Waals surface area contributed by atoms with Crippen LogP contribution in [0.1, 0.15) is 17.3 Å². The van der Waals surface area contributed by atoms with Crippen molar-refractivity contribution in [2.45, 2.75) is 13.1 Å². The van der Waals surface area contributed by atoms with Crippen molar-refractivity contribution >= 4 is 17.5 Å². The lowest BCUT2D eigenvalue weighted by molar-refractivity contribution is -0.154. The maximum absolute atomic E-state index is 12.2. The molecule has 0 saturated heterocycles. The Morgan fingerprint density at radius 1 is 1.14 bits per heavy atom. The summed E-state index contributed by atoms with van der Waals surface area (Å²) in [5.74, 6) is -0.640. The van der Waals surface area contributed by atoms with Crippen LogP contribution in [0.25, 0.3) is 0 Å². The first-order valence-electron chi connectivity index (χ1n) is 8.23. The van der Waals surface area contributed by atoms with Gasteiger partial charge in [0.1, 0.15) is 5.75 Å². The van der Waals surface area contributed by atoms with Gasteiger partial charge in [-0.3, -0.25) is 9.59 Å². The third-order valence-electron chi connectivity index (χ3n) is 3.22. The molecule has 28 heavy (non-hydrogen) atoms. The smallest absolute Gasteiger partial charge is 0.422 e. The van der Waals surface area contributed by atoms with E-state index in [0.29, 0.717) is 18.0 Å². The van der Waals surface area contributed by atoms with Crippen molar-refractivity contribution in [2.75, 3.05) is 25.1 Å². The van der Waals surface area contributed by atoms with Crippen LogP contribution in [0.15, 0.2) is 42.6 Å². The summed E-state index contributed by atoms with van der Waals surface area (Å²) < 4.78 is 46.2. The van der Waals surface area contributed by atoms with E-state index < -0.39 is 18.7 Å². The molecule has 7 nitrogen and oxygen atoms in total. The molecular formula is C18H18F3N3O4. The van der Waals surface area contributed by atoms with Gasteiger partial charge in [-0.15, -0.1) is 0 Å². The maximum Gasteiger partial charge on any atom is 0.422 e. The van der Waals surface area contributed by atoms with Crippen LogP contribution in [-0.4, -0.2) is 42.7 Å². The lowest BCUT2D eigenvalue weighted by Gasteiger charge is -2.10. The largest absolute Gasteiger partial charge is 0.484 e. The number of benzene rings is 1. The summed E-state index contributed by atoms with van der Waals surface area (Å²) in [6.45, 7) is 0.660. The molecule has 0 atom stereocenters. The summed E-state index contributed by atoms with van der Waals surface area (Å²) in [7, 11) is 0. The van der Waals surface area contributed by atoms with Crippen molar-refractivity contribution in [3.8, 4) is 11.6 Å². The highest BCUT2D eigenvalue weighted by molar-refractivity contribution is 6.04. The summed E-state index contributed by atoms with van der Waals surface area (Å²) in [4.78, 5) is 27.3. The molecule has 0 bridgehead atoms. The molecule has 1 aromatic heterocycles. The van der Waals surface area contributed by atoms with Gasteiger partial charge < -0.3 is 20.1 Å². The molecule has 10 heteroatoms. The molecule has 2 N–H and O–H groups in total. The first kappa shape index (κ1) is 21.0. The predicted molar refractivity (Wildman–Crippen MR) is 94.4 cm³/mol. The van der Waals surface area contributed by atoms with E-state index in [1.807, 2.05) is 0 Å². The Kier molecular flexibility index (Phi) is 7.19. The average molecular weight is 397 g/mol. The normalized spacial score (nSPS) is 10.9. The molecule has 150 valence electrons. The number of nitrogens with one attached hydrogen (secondary N) is 2. The number of halogens is 3. The maximum atomic E-state index is 12.2. The summed E-state index contributed by atoms with van der Waals surface area (Å²) in [5.41, 5.74) is 0.545. The lowest BCUT2D eigenvalue weighted by atomic mass is 10.2. The molecule has 0 aliphatic heterocycles. The number of likely N-dealkylation sites (N-methyl/N-ethyl adjacent to an activating group) is 1. The van der Waals surface area contributed by atoms with Crippen LogP contribution in [0, 0.1) is 0 Å². The average Bonchev–Trinajstić information content (AvgIpc) is 2.65. The number of anilines is 1. The van der Waals surface area contributed by atoms with Gasteiger partial charge in [-0.2, -0.15) is 13.2 Å². The van der Waals surface area contributed by atoms with Gasteiger partial charge in [0.2, 0.25) is 5.88 Å². The standard InChI is InChI=1S/C18H18F3N3O4/c1-2-22-15(25)10-27-14-5-3-4-13(8-14)24-17(26)12-6-7-16(23-9-12)28-11-18(19,20)21/h3-9H,2,10-11H2,1H3,(H,22,25)(H,24,26). The molecule has 2 rings (SSSR count). The van der Waals surface area contributed by atoms with E-state index in [4.69, 9.17) is 4.74 Å². The van der Waals surface area contributed by atoms with Crippen molar-refractivity contribution < 1.29 is 32.2 Å². The predicted octanol–water partition coefficient (Wildman–Crippen LogP) is 2.79. The van der Waals surface area contributed by atoms with Gasteiger partial charge in [0, 0.05) is 30.6 Å². The second kappa shape index (κ2) is 9.58. The summed E-state index contributed by atoms with van der Waals surface area (Å²) >= 11 is 0. The molecule has 1 aromatic carbocycles. The second-order valence-corrected chi connectivity index (χ2v) is 5.51. The lowest BCUT2D eigenvalue weighted by Crippen LogP contribution is -2.28. The molecule has 0 saturated carbocycles. The summed E-state index contributed by atoms with van der Waals surface area (Å²) in [5, 5.41) is 5.20. The molecule has 0 spiro atoms. The Morgan fingerprint density at radius 3 is 2.57 bits per heavy atom. The van der Waals surface area contributed by atoms with E-state index in [1.165, 1.54) is 18.2 Å². The Hall–Kier alpha value is -3.30. The molecule has 1 heterocycles. The zero-order chi connectivity index (χ0) is 20.6. The third kappa shape index (κ3) is 7.14. The first-order chi connectivity index (χ1) is 13.3. The molecule has 0 aliphatic carbocycles. The number of alkyl halides is 3. The summed E-state index contributed by atoms with van der Waals surface area (Å²) in [6.07, 6.45) is -3.36. The Bertz CT molecular complexity index is 810. The fraction of sp³-hybridized carbons (Fsp3) is 0.278. The van der Waals surface area contributed by atoms with Crippen LogP contribution < -0.4 is 20.1 Å².